The molecule has 15 heavy (non-hydrogen) atoms. The molecule has 0 aliphatic carbocycles. The van der Waals surface area contributed by atoms with Gasteiger partial charge in [0.1, 0.15) is 11.5 Å². The van der Waals surface area contributed by atoms with Crippen LogP contribution in [0.3, 0.4) is 0 Å². The SMILES string of the molecule is CCc1c(Cl)c(Cl)c2cccc3c2c1O3. The third-order valence-electron chi connectivity index (χ3n) is 2.79. The normalized spacial score (nSPS) is 12.5. The Morgan fingerprint density at radius 2 is 2.00 bits per heavy atom. The summed E-state index contributed by atoms with van der Waals surface area (Å²) in [7, 11) is 0. The Labute approximate surface area is 97.6 Å². The van der Waals surface area contributed by atoms with Gasteiger partial charge in [-0.15, -0.1) is 0 Å². The molecular weight excluding hydrogens is 231 g/mol. The number of hydrogen-bond acceptors (Lipinski definition) is 1. The largest absolute Gasteiger partial charge is 0.455 e. The van der Waals surface area contributed by atoms with Crippen molar-refractivity contribution < 1.29 is 4.74 Å². The van der Waals surface area contributed by atoms with Gasteiger partial charge < -0.3 is 4.74 Å². The maximum atomic E-state index is 6.22. The summed E-state index contributed by atoms with van der Waals surface area (Å²) in [5.74, 6) is 1.80. The van der Waals surface area contributed by atoms with Gasteiger partial charge in [-0.05, 0) is 12.5 Å². The Morgan fingerprint density at radius 1 is 1.20 bits per heavy atom. The zero-order chi connectivity index (χ0) is 10.6. The average Bonchev–Trinajstić information content (AvgIpc) is 2.22. The van der Waals surface area contributed by atoms with Crippen molar-refractivity contribution in [1.82, 2.24) is 0 Å². The third kappa shape index (κ3) is 1.05. The first-order chi connectivity index (χ1) is 7.24. The molecule has 0 amide bonds. The lowest BCUT2D eigenvalue weighted by atomic mass is 9.99. The maximum absolute atomic E-state index is 6.22. The van der Waals surface area contributed by atoms with Crippen LogP contribution in [0.25, 0.3) is 10.8 Å². The minimum absolute atomic E-state index is 0.624. The van der Waals surface area contributed by atoms with Crippen molar-refractivity contribution in [3.8, 4) is 11.5 Å². The van der Waals surface area contributed by atoms with E-state index >= 15 is 0 Å². The van der Waals surface area contributed by atoms with Crippen LogP contribution in [0, 0.1) is 0 Å². The van der Waals surface area contributed by atoms with E-state index in [0.29, 0.717) is 10.0 Å². The van der Waals surface area contributed by atoms with E-state index in [1.54, 1.807) is 0 Å². The van der Waals surface area contributed by atoms with Crippen LogP contribution < -0.4 is 4.74 Å². The molecule has 2 aromatic carbocycles. The molecule has 0 aromatic heterocycles. The Bertz CT molecular complexity index is 576. The van der Waals surface area contributed by atoms with Gasteiger partial charge in [0.05, 0.1) is 15.4 Å². The van der Waals surface area contributed by atoms with Crippen molar-refractivity contribution in [3.05, 3.63) is 33.8 Å². The predicted molar refractivity (Wildman–Crippen MR) is 63.4 cm³/mol. The lowest BCUT2D eigenvalue weighted by Crippen LogP contribution is -2.03. The van der Waals surface area contributed by atoms with Crippen molar-refractivity contribution in [1.29, 1.82) is 0 Å². The molecule has 0 saturated heterocycles. The fourth-order valence-electron chi connectivity index (χ4n) is 2.03. The summed E-state index contributed by atoms with van der Waals surface area (Å²) in [6.45, 7) is 2.05. The second-order valence-corrected chi connectivity index (χ2v) is 4.33. The van der Waals surface area contributed by atoms with Gasteiger partial charge in [0.2, 0.25) is 0 Å². The zero-order valence-corrected chi connectivity index (χ0v) is 9.62. The van der Waals surface area contributed by atoms with Gasteiger partial charge in [-0.25, -0.2) is 0 Å². The molecule has 0 N–H and O–H groups in total. The van der Waals surface area contributed by atoms with Crippen molar-refractivity contribution in [3.63, 3.8) is 0 Å². The smallest absolute Gasteiger partial charge is 0.143 e. The minimum atomic E-state index is 0.624. The molecule has 0 spiro atoms. The molecule has 1 aliphatic rings. The van der Waals surface area contributed by atoms with E-state index in [2.05, 4.69) is 0 Å². The Kier molecular flexibility index (Phi) is 1.88. The molecule has 1 nitrogen and oxygen atoms in total. The molecule has 3 rings (SSSR count). The van der Waals surface area contributed by atoms with Crippen molar-refractivity contribution in [2.24, 2.45) is 0 Å². The van der Waals surface area contributed by atoms with E-state index in [4.69, 9.17) is 27.9 Å². The fourth-order valence-corrected chi connectivity index (χ4v) is 2.62. The first-order valence-electron chi connectivity index (χ1n) is 4.84. The van der Waals surface area contributed by atoms with E-state index in [9.17, 15) is 0 Å². The topological polar surface area (TPSA) is 9.23 Å². The summed E-state index contributed by atoms with van der Waals surface area (Å²) in [5.41, 5.74) is 1.01. The summed E-state index contributed by atoms with van der Waals surface area (Å²) in [6.07, 6.45) is 0.832. The molecule has 0 saturated carbocycles. The van der Waals surface area contributed by atoms with Crippen LogP contribution in [0.5, 0.6) is 11.5 Å². The van der Waals surface area contributed by atoms with Gasteiger partial charge in [0, 0.05) is 10.9 Å². The van der Waals surface area contributed by atoms with E-state index in [0.717, 1.165) is 34.3 Å². The third-order valence-corrected chi connectivity index (χ3v) is 3.69. The summed E-state index contributed by atoms with van der Waals surface area (Å²) >= 11 is 12.4. The molecule has 2 aromatic rings. The molecule has 0 unspecified atom stereocenters. The number of halogens is 2. The average molecular weight is 239 g/mol. The lowest BCUT2D eigenvalue weighted by Gasteiger charge is -2.25. The van der Waals surface area contributed by atoms with Gasteiger partial charge >= 0.3 is 0 Å². The Hall–Kier alpha value is -0.920. The van der Waals surface area contributed by atoms with Crippen LogP contribution in [0.2, 0.25) is 10.0 Å². The molecular formula is C12H8Cl2O. The highest BCUT2D eigenvalue weighted by Gasteiger charge is 2.26. The summed E-state index contributed by atoms with van der Waals surface area (Å²) in [6, 6.07) is 5.84. The van der Waals surface area contributed by atoms with Crippen molar-refractivity contribution >= 4 is 34.0 Å². The van der Waals surface area contributed by atoms with Crippen LogP contribution in [0.1, 0.15) is 12.5 Å². The highest BCUT2D eigenvalue weighted by Crippen LogP contribution is 2.53. The summed E-state index contributed by atoms with van der Waals surface area (Å²) in [4.78, 5) is 0. The zero-order valence-electron chi connectivity index (χ0n) is 8.10. The first kappa shape index (κ1) is 9.32. The van der Waals surface area contributed by atoms with Gasteiger partial charge in [-0.3, -0.25) is 0 Å². The number of rotatable bonds is 1. The molecule has 0 radical (unpaired) electrons. The molecule has 3 heteroatoms. The van der Waals surface area contributed by atoms with Crippen LogP contribution >= 0.6 is 23.2 Å². The van der Waals surface area contributed by atoms with Crippen molar-refractivity contribution in [2.75, 3.05) is 0 Å². The molecule has 0 atom stereocenters. The number of benzene rings is 2. The van der Waals surface area contributed by atoms with Gasteiger partial charge in [0.25, 0.3) is 0 Å². The first-order valence-corrected chi connectivity index (χ1v) is 5.60. The molecule has 1 heterocycles. The summed E-state index contributed by atoms with van der Waals surface area (Å²) in [5, 5.41) is 3.36. The highest BCUT2D eigenvalue weighted by molar-refractivity contribution is 6.46. The van der Waals surface area contributed by atoms with E-state index in [-0.39, 0.29) is 0 Å². The highest BCUT2D eigenvalue weighted by atomic mass is 35.5. The van der Waals surface area contributed by atoms with Crippen LogP contribution in [0.15, 0.2) is 18.2 Å². The lowest BCUT2D eigenvalue weighted by molar-refractivity contribution is 0.456. The number of hydrogen-bond donors (Lipinski definition) is 0. The minimum Gasteiger partial charge on any atom is -0.455 e. The van der Waals surface area contributed by atoms with Crippen molar-refractivity contribution in [2.45, 2.75) is 13.3 Å². The second-order valence-electron chi connectivity index (χ2n) is 3.57. The Balaban J connectivity index is 2.52. The fraction of sp³-hybridized carbons (Fsp3) is 0.167. The van der Waals surface area contributed by atoms with Gasteiger partial charge in [0.15, 0.2) is 0 Å². The Morgan fingerprint density at radius 3 is 2.73 bits per heavy atom. The van der Waals surface area contributed by atoms with Crippen LogP contribution in [0.4, 0.5) is 0 Å². The van der Waals surface area contributed by atoms with Gasteiger partial charge in [-0.2, -0.15) is 0 Å². The molecule has 0 fully saturated rings. The van der Waals surface area contributed by atoms with Crippen LogP contribution in [-0.2, 0) is 6.42 Å². The molecule has 1 aliphatic heterocycles. The number of ether oxygens (including phenoxy) is 1. The monoisotopic (exact) mass is 238 g/mol. The standard InChI is InChI=1S/C12H8Cl2O/c1-2-6-10(13)11(14)7-4-3-5-8-9(7)12(6)15-8/h3-5H,2H2,1H3. The molecule has 0 bridgehead atoms. The van der Waals surface area contributed by atoms with Gasteiger partial charge in [-0.1, -0.05) is 42.3 Å². The second kappa shape index (κ2) is 3.03. The maximum Gasteiger partial charge on any atom is 0.143 e. The van der Waals surface area contributed by atoms with E-state index in [1.807, 2.05) is 25.1 Å². The summed E-state index contributed by atoms with van der Waals surface area (Å²) < 4.78 is 5.59. The predicted octanol–water partition coefficient (Wildman–Crippen LogP) is 4.81. The van der Waals surface area contributed by atoms with Crippen LogP contribution in [-0.4, -0.2) is 0 Å². The molecule has 76 valence electrons. The van der Waals surface area contributed by atoms with E-state index in [1.165, 1.54) is 0 Å². The van der Waals surface area contributed by atoms with E-state index < -0.39 is 0 Å². The quantitative estimate of drug-likeness (QED) is 0.591.